The van der Waals surface area contributed by atoms with E-state index in [9.17, 15) is 19.2 Å². The molecule has 0 saturated carbocycles. The van der Waals surface area contributed by atoms with Crippen molar-refractivity contribution in [3.8, 4) is 0 Å². The Balaban J connectivity index is 0. The van der Waals surface area contributed by atoms with E-state index >= 15 is 0 Å². The largest absolute Gasteiger partial charge is 0.462 e. The molecule has 0 saturated heterocycles. The fourth-order valence-electron chi connectivity index (χ4n) is 1.56. The Labute approximate surface area is 219 Å². The number of ether oxygens (including phenoxy) is 4. The molecule has 0 amide bonds. The Morgan fingerprint density at radius 2 is 0.848 bits per heavy atom. The Bertz CT molecular complexity index is 567. The first-order chi connectivity index (χ1) is 15.4. The van der Waals surface area contributed by atoms with Crippen molar-refractivity contribution in [1.29, 1.82) is 0 Å². The van der Waals surface area contributed by atoms with Crippen molar-refractivity contribution in [1.82, 2.24) is 0 Å². The maximum Gasteiger partial charge on any atom is 0.309 e. The molecule has 0 aromatic carbocycles. The first kappa shape index (κ1) is 34.4. The molecule has 0 aromatic heterocycles. The molecule has 0 aliphatic heterocycles. The van der Waals surface area contributed by atoms with E-state index in [1.165, 1.54) is 0 Å². The lowest BCUT2D eigenvalue weighted by atomic mass is 10.2. The summed E-state index contributed by atoms with van der Waals surface area (Å²) in [7, 11) is 0. The smallest absolute Gasteiger partial charge is 0.309 e. The normalized spacial score (nSPS) is 14.9. The molecule has 0 N–H and O–H groups in total. The van der Waals surface area contributed by atoms with Crippen LogP contribution in [0.1, 0.15) is 34.6 Å². The van der Waals surface area contributed by atoms with Crippen molar-refractivity contribution in [3.63, 3.8) is 0 Å². The minimum atomic E-state index is -0.444. The Morgan fingerprint density at radius 1 is 0.545 bits per heavy atom. The summed E-state index contributed by atoms with van der Waals surface area (Å²) in [5.74, 6) is -0.551. The average Bonchev–Trinajstić information content (AvgIpc) is 2.82. The van der Waals surface area contributed by atoms with Crippen LogP contribution in [0.5, 0.6) is 0 Å². The summed E-state index contributed by atoms with van der Waals surface area (Å²) in [6.45, 7) is 8.84. The molecule has 0 bridgehead atoms. The van der Waals surface area contributed by atoms with E-state index in [1.54, 1.807) is 34.6 Å². The van der Waals surface area contributed by atoms with Gasteiger partial charge in [-0.25, -0.2) is 0 Å². The molecule has 0 aromatic rings. The van der Waals surface area contributed by atoms with Gasteiger partial charge in [0.15, 0.2) is 0 Å². The molecular formula is C21H38O8S4. The number of carbonyl (C=O) groups is 4. The third kappa shape index (κ3) is 17.4. The first-order valence-corrected chi connectivity index (χ1v) is 13.1. The number of rotatable bonds is 14. The van der Waals surface area contributed by atoms with Crippen LogP contribution in [-0.2, 0) is 38.1 Å². The molecule has 0 heterocycles. The molecule has 194 valence electrons. The molecule has 0 aliphatic rings. The highest BCUT2D eigenvalue weighted by atomic mass is 32.1. The second kappa shape index (κ2) is 20.6. The van der Waals surface area contributed by atoms with E-state index in [-0.39, 0.29) is 67.4 Å². The predicted octanol–water partition coefficient (Wildman–Crippen LogP) is 2.80. The predicted molar refractivity (Wildman–Crippen MR) is 140 cm³/mol. The summed E-state index contributed by atoms with van der Waals surface area (Å²) < 4.78 is 19.8. The van der Waals surface area contributed by atoms with Gasteiger partial charge >= 0.3 is 23.9 Å². The van der Waals surface area contributed by atoms with Crippen LogP contribution < -0.4 is 0 Å². The zero-order chi connectivity index (χ0) is 26.0. The zero-order valence-electron chi connectivity index (χ0n) is 19.9. The van der Waals surface area contributed by atoms with Crippen LogP contribution in [0.3, 0.4) is 0 Å². The SMILES string of the molecule is CC(COC(=O)C(C)CS)OC(=O)C(C)CS.CC(CS)C(=O)OCCOC(=O)C(C)CS. The Morgan fingerprint density at radius 3 is 1.18 bits per heavy atom. The minimum Gasteiger partial charge on any atom is -0.462 e. The van der Waals surface area contributed by atoms with Crippen LogP contribution in [0, 0.1) is 23.7 Å². The number of esters is 4. The number of hydrogen-bond donors (Lipinski definition) is 4. The van der Waals surface area contributed by atoms with Gasteiger partial charge in [0.2, 0.25) is 0 Å². The van der Waals surface area contributed by atoms with Gasteiger partial charge in [0, 0.05) is 23.0 Å². The molecule has 0 aliphatic carbocycles. The lowest BCUT2D eigenvalue weighted by Gasteiger charge is -2.16. The summed E-state index contributed by atoms with van der Waals surface area (Å²) in [6.07, 6.45) is -0.444. The maximum absolute atomic E-state index is 11.4. The second-order valence-corrected chi connectivity index (χ2v) is 9.01. The topological polar surface area (TPSA) is 105 Å². The fraction of sp³-hybridized carbons (Fsp3) is 0.810. The van der Waals surface area contributed by atoms with E-state index < -0.39 is 6.10 Å². The van der Waals surface area contributed by atoms with Crippen molar-refractivity contribution in [2.45, 2.75) is 40.7 Å². The van der Waals surface area contributed by atoms with E-state index in [2.05, 4.69) is 50.5 Å². The number of thiol groups is 4. The van der Waals surface area contributed by atoms with Crippen molar-refractivity contribution >= 4 is 74.4 Å². The van der Waals surface area contributed by atoms with Gasteiger partial charge in [-0.05, 0) is 6.92 Å². The summed E-state index contributed by atoms with van der Waals surface area (Å²) in [6, 6.07) is 0. The van der Waals surface area contributed by atoms with Crippen molar-refractivity contribution in [2.24, 2.45) is 23.7 Å². The van der Waals surface area contributed by atoms with Gasteiger partial charge in [0.1, 0.15) is 25.9 Å². The third-order valence-electron chi connectivity index (χ3n) is 4.05. The van der Waals surface area contributed by atoms with Crippen molar-refractivity contribution in [3.05, 3.63) is 0 Å². The standard InChI is InChI=1S/C11H20O4S2.C10H18O4S2/c1-7(5-16)10(12)14-4-9(3)15-11(13)8(2)6-17;1-7(5-15)9(11)13-3-4-14-10(12)8(2)6-16/h7-9,16-17H,4-6H2,1-3H3;7-8,15-16H,3-6H2,1-2H3. The number of hydrogen-bond acceptors (Lipinski definition) is 12. The summed E-state index contributed by atoms with van der Waals surface area (Å²) in [5, 5.41) is 0. The molecule has 8 nitrogen and oxygen atoms in total. The van der Waals surface area contributed by atoms with Crippen LogP contribution in [0.25, 0.3) is 0 Å². The van der Waals surface area contributed by atoms with Gasteiger partial charge in [0.25, 0.3) is 0 Å². The molecule has 5 unspecified atom stereocenters. The van der Waals surface area contributed by atoms with Gasteiger partial charge in [-0.15, -0.1) is 0 Å². The Kier molecular flexibility index (Phi) is 21.5. The first-order valence-electron chi connectivity index (χ1n) is 10.6. The summed E-state index contributed by atoms with van der Waals surface area (Å²) in [4.78, 5) is 45.1. The summed E-state index contributed by atoms with van der Waals surface area (Å²) >= 11 is 16.0. The van der Waals surface area contributed by atoms with Gasteiger partial charge in [-0.1, -0.05) is 27.7 Å². The van der Waals surface area contributed by atoms with Crippen LogP contribution >= 0.6 is 50.5 Å². The highest BCUT2D eigenvalue weighted by Crippen LogP contribution is 2.06. The highest BCUT2D eigenvalue weighted by molar-refractivity contribution is 7.80. The highest BCUT2D eigenvalue weighted by Gasteiger charge is 2.19. The Hall–Kier alpha value is -0.720. The van der Waals surface area contributed by atoms with Gasteiger partial charge in [0.05, 0.1) is 23.7 Å². The van der Waals surface area contributed by atoms with Gasteiger partial charge in [-0.3, -0.25) is 19.2 Å². The lowest BCUT2D eigenvalue weighted by molar-refractivity contribution is -0.161. The minimum absolute atomic E-state index is 0.0714. The van der Waals surface area contributed by atoms with Crippen LogP contribution in [0.2, 0.25) is 0 Å². The second-order valence-electron chi connectivity index (χ2n) is 7.55. The average molecular weight is 547 g/mol. The van der Waals surface area contributed by atoms with E-state index in [0.29, 0.717) is 23.0 Å². The van der Waals surface area contributed by atoms with Gasteiger partial charge in [-0.2, -0.15) is 50.5 Å². The summed E-state index contributed by atoms with van der Waals surface area (Å²) in [5.41, 5.74) is 0. The molecule has 0 rings (SSSR count). The van der Waals surface area contributed by atoms with Crippen molar-refractivity contribution < 1.29 is 38.1 Å². The van der Waals surface area contributed by atoms with Gasteiger partial charge < -0.3 is 18.9 Å². The van der Waals surface area contributed by atoms with E-state index in [0.717, 1.165) is 0 Å². The van der Waals surface area contributed by atoms with E-state index in [1.807, 2.05) is 0 Å². The van der Waals surface area contributed by atoms with Crippen LogP contribution in [-0.4, -0.2) is 72.8 Å². The van der Waals surface area contributed by atoms with E-state index in [4.69, 9.17) is 18.9 Å². The molecule has 0 radical (unpaired) electrons. The molecule has 0 fully saturated rings. The van der Waals surface area contributed by atoms with Crippen LogP contribution in [0.4, 0.5) is 0 Å². The monoisotopic (exact) mass is 546 g/mol. The zero-order valence-corrected chi connectivity index (χ0v) is 23.5. The molecular weight excluding hydrogens is 508 g/mol. The molecule has 12 heteroatoms. The molecule has 0 spiro atoms. The molecule has 33 heavy (non-hydrogen) atoms. The maximum atomic E-state index is 11.4. The third-order valence-corrected chi connectivity index (χ3v) is 6.25. The fourth-order valence-corrected chi connectivity index (χ4v) is 2.15. The molecule has 5 atom stereocenters. The quantitative estimate of drug-likeness (QED) is 0.114. The number of carbonyl (C=O) groups excluding carboxylic acids is 4. The van der Waals surface area contributed by atoms with Crippen LogP contribution in [0.15, 0.2) is 0 Å². The van der Waals surface area contributed by atoms with Crippen molar-refractivity contribution in [2.75, 3.05) is 42.8 Å². The lowest BCUT2D eigenvalue weighted by Crippen LogP contribution is -2.27.